The van der Waals surface area contributed by atoms with Crippen molar-refractivity contribution in [2.24, 2.45) is 0 Å². The number of amides is 1. The highest BCUT2D eigenvalue weighted by Crippen LogP contribution is 2.38. The van der Waals surface area contributed by atoms with Crippen LogP contribution in [0.1, 0.15) is 46.3 Å². The summed E-state index contributed by atoms with van der Waals surface area (Å²) in [7, 11) is 0. The number of carbonyl (C=O) groups is 2. The number of Topliss-reactive ketones (excluding diaryl/α,β-unsaturated/α-hetero) is 1. The fourth-order valence-corrected chi connectivity index (χ4v) is 4.10. The molecule has 0 saturated carbocycles. The van der Waals surface area contributed by atoms with Crippen LogP contribution in [0.2, 0.25) is 0 Å². The van der Waals surface area contributed by atoms with Gasteiger partial charge in [-0.05, 0) is 49.1 Å². The van der Waals surface area contributed by atoms with Gasteiger partial charge in [-0.2, -0.15) is 0 Å². The Hall–Kier alpha value is -2.62. The number of hydrogen-bond donors (Lipinski definition) is 0. The molecule has 1 amide bonds. The van der Waals surface area contributed by atoms with Crippen LogP contribution in [-0.4, -0.2) is 35.3 Å². The third kappa shape index (κ3) is 3.48. The molecule has 2 aromatic carbocycles. The van der Waals surface area contributed by atoms with Crippen LogP contribution in [0.15, 0.2) is 42.5 Å². The molecule has 1 saturated heterocycles. The van der Waals surface area contributed by atoms with Crippen LogP contribution in [0.3, 0.4) is 0 Å². The molecule has 0 bridgehead atoms. The van der Waals surface area contributed by atoms with Gasteiger partial charge < -0.3 is 9.64 Å². The molecule has 1 fully saturated rings. The quantitative estimate of drug-likeness (QED) is 0.832. The van der Waals surface area contributed by atoms with Gasteiger partial charge in [0.15, 0.2) is 5.78 Å². The van der Waals surface area contributed by atoms with Crippen molar-refractivity contribution in [1.82, 2.24) is 4.90 Å². The molecule has 1 unspecified atom stereocenters. The van der Waals surface area contributed by atoms with E-state index in [9.17, 15) is 9.59 Å². The average Bonchev–Trinajstić information content (AvgIpc) is 3.05. The number of rotatable bonds is 3. The number of ether oxygens (including phenoxy) is 1. The molecule has 2 heterocycles. The number of ketones is 1. The predicted molar refractivity (Wildman–Crippen MR) is 104 cm³/mol. The smallest absolute Gasteiger partial charge is 0.223 e. The zero-order chi connectivity index (χ0) is 19.0. The van der Waals surface area contributed by atoms with Crippen LogP contribution < -0.4 is 4.74 Å². The minimum atomic E-state index is -0.554. The highest BCUT2D eigenvalue weighted by atomic mass is 16.5. The van der Waals surface area contributed by atoms with E-state index in [0.717, 1.165) is 6.42 Å². The number of fused-ring (bicyclic) bond motifs is 1. The van der Waals surface area contributed by atoms with E-state index in [2.05, 4.69) is 32.0 Å². The SMILES string of the molecule is Cc1ccc(CCC(=O)N2CCC3(CC(=O)c4ccccc4O3)C2)cc1C. The van der Waals surface area contributed by atoms with Crippen LogP contribution in [0.25, 0.3) is 0 Å². The molecule has 0 aromatic heterocycles. The first-order valence-electron chi connectivity index (χ1n) is 9.61. The van der Waals surface area contributed by atoms with Crippen molar-refractivity contribution in [2.75, 3.05) is 13.1 Å². The van der Waals surface area contributed by atoms with E-state index < -0.39 is 5.60 Å². The van der Waals surface area contributed by atoms with E-state index in [1.165, 1.54) is 16.7 Å². The maximum absolute atomic E-state index is 12.7. The first-order chi connectivity index (χ1) is 13.0. The van der Waals surface area contributed by atoms with Crippen LogP contribution >= 0.6 is 0 Å². The van der Waals surface area contributed by atoms with Gasteiger partial charge in [-0.15, -0.1) is 0 Å². The molecule has 0 radical (unpaired) electrons. The van der Waals surface area contributed by atoms with Crippen LogP contribution in [0.5, 0.6) is 5.75 Å². The standard InChI is InChI=1S/C23H25NO3/c1-16-7-8-18(13-17(16)2)9-10-22(26)24-12-11-23(15-24)14-20(25)19-5-3-4-6-21(19)27-23/h3-8,13H,9-12,14-15H2,1-2H3. The Balaban J connectivity index is 1.40. The Kier molecular flexibility index (Phi) is 4.50. The molecule has 2 aromatic rings. The van der Waals surface area contributed by atoms with Gasteiger partial charge in [-0.25, -0.2) is 0 Å². The molecule has 4 heteroatoms. The largest absolute Gasteiger partial charge is 0.484 e. The lowest BCUT2D eigenvalue weighted by Crippen LogP contribution is -2.45. The molecule has 0 aliphatic carbocycles. The second-order valence-corrected chi connectivity index (χ2v) is 7.87. The summed E-state index contributed by atoms with van der Waals surface area (Å²) in [6.45, 7) is 5.34. The summed E-state index contributed by atoms with van der Waals surface area (Å²) in [6, 6.07) is 13.8. The summed E-state index contributed by atoms with van der Waals surface area (Å²) in [6.07, 6.45) is 2.29. The number of hydrogen-bond acceptors (Lipinski definition) is 3. The van der Waals surface area contributed by atoms with Gasteiger partial charge in [0.1, 0.15) is 11.4 Å². The Morgan fingerprint density at radius 2 is 1.96 bits per heavy atom. The van der Waals surface area contributed by atoms with Crippen LogP contribution in [0, 0.1) is 13.8 Å². The third-order valence-electron chi connectivity index (χ3n) is 5.86. The summed E-state index contributed by atoms with van der Waals surface area (Å²) in [5.41, 5.74) is 3.82. The number of benzene rings is 2. The van der Waals surface area contributed by atoms with E-state index >= 15 is 0 Å². The van der Waals surface area contributed by atoms with Crippen molar-refractivity contribution < 1.29 is 14.3 Å². The summed E-state index contributed by atoms with van der Waals surface area (Å²) in [5.74, 6) is 0.902. The van der Waals surface area contributed by atoms with Crippen LogP contribution in [-0.2, 0) is 11.2 Å². The predicted octanol–water partition coefficient (Wildman–Crippen LogP) is 3.87. The van der Waals surface area contributed by atoms with Gasteiger partial charge in [-0.3, -0.25) is 9.59 Å². The Labute approximate surface area is 160 Å². The number of nitrogens with zero attached hydrogens (tertiary/aromatic N) is 1. The second-order valence-electron chi connectivity index (χ2n) is 7.87. The molecule has 0 N–H and O–H groups in total. The van der Waals surface area contributed by atoms with Crippen LogP contribution in [0.4, 0.5) is 0 Å². The Bertz CT molecular complexity index is 904. The topological polar surface area (TPSA) is 46.6 Å². The molecule has 2 aliphatic heterocycles. The molecule has 1 spiro atoms. The fourth-order valence-electron chi connectivity index (χ4n) is 4.10. The minimum Gasteiger partial charge on any atom is -0.484 e. The van der Waals surface area contributed by atoms with Gasteiger partial charge in [0.2, 0.25) is 5.91 Å². The van der Waals surface area contributed by atoms with Gasteiger partial charge in [0, 0.05) is 19.4 Å². The summed E-state index contributed by atoms with van der Waals surface area (Å²) in [4.78, 5) is 27.1. The molecule has 4 rings (SSSR count). The van der Waals surface area contributed by atoms with Gasteiger partial charge in [-0.1, -0.05) is 30.3 Å². The van der Waals surface area contributed by atoms with Gasteiger partial charge in [0.05, 0.1) is 18.5 Å². The van der Waals surface area contributed by atoms with Gasteiger partial charge >= 0.3 is 0 Å². The van der Waals surface area contributed by atoms with E-state index in [-0.39, 0.29) is 11.7 Å². The number of para-hydroxylation sites is 1. The summed E-state index contributed by atoms with van der Waals surface area (Å²) >= 11 is 0. The Morgan fingerprint density at radius 3 is 2.78 bits per heavy atom. The van der Waals surface area contributed by atoms with Crippen molar-refractivity contribution in [3.63, 3.8) is 0 Å². The van der Waals surface area contributed by atoms with Crippen molar-refractivity contribution in [2.45, 2.75) is 45.1 Å². The highest BCUT2D eigenvalue weighted by molar-refractivity contribution is 6.00. The number of carbonyl (C=O) groups excluding carboxylic acids is 2. The summed E-state index contributed by atoms with van der Waals surface area (Å²) < 4.78 is 6.21. The maximum Gasteiger partial charge on any atom is 0.223 e. The molecular weight excluding hydrogens is 338 g/mol. The lowest BCUT2D eigenvalue weighted by atomic mass is 9.89. The Morgan fingerprint density at radius 1 is 1.15 bits per heavy atom. The first-order valence-corrected chi connectivity index (χ1v) is 9.61. The van der Waals surface area contributed by atoms with E-state index in [4.69, 9.17) is 4.74 Å². The molecule has 27 heavy (non-hydrogen) atoms. The number of likely N-dealkylation sites (tertiary alicyclic amines) is 1. The average molecular weight is 363 g/mol. The first kappa shape index (κ1) is 17.8. The zero-order valence-electron chi connectivity index (χ0n) is 16.0. The lowest BCUT2D eigenvalue weighted by molar-refractivity contribution is -0.130. The normalized spacial score (nSPS) is 21.3. The van der Waals surface area contributed by atoms with E-state index in [1.54, 1.807) is 0 Å². The van der Waals surface area contributed by atoms with Crippen molar-refractivity contribution in [3.05, 3.63) is 64.7 Å². The second kappa shape index (κ2) is 6.84. The maximum atomic E-state index is 12.7. The van der Waals surface area contributed by atoms with Crippen molar-refractivity contribution in [3.8, 4) is 5.75 Å². The lowest BCUT2D eigenvalue weighted by Gasteiger charge is -2.34. The van der Waals surface area contributed by atoms with E-state index in [1.807, 2.05) is 29.2 Å². The molecule has 4 nitrogen and oxygen atoms in total. The molecule has 140 valence electrons. The molecule has 2 aliphatic rings. The fraction of sp³-hybridized carbons (Fsp3) is 0.391. The number of aryl methyl sites for hydroxylation is 3. The zero-order valence-corrected chi connectivity index (χ0v) is 16.0. The van der Waals surface area contributed by atoms with Crippen molar-refractivity contribution >= 4 is 11.7 Å². The van der Waals surface area contributed by atoms with E-state index in [0.29, 0.717) is 43.7 Å². The highest BCUT2D eigenvalue weighted by Gasteiger charge is 2.46. The van der Waals surface area contributed by atoms with Gasteiger partial charge in [0.25, 0.3) is 0 Å². The van der Waals surface area contributed by atoms with Crippen molar-refractivity contribution in [1.29, 1.82) is 0 Å². The molecular formula is C23H25NO3. The molecule has 1 atom stereocenters. The summed E-state index contributed by atoms with van der Waals surface area (Å²) in [5, 5.41) is 0. The monoisotopic (exact) mass is 363 g/mol. The minimum absolute atomic E-state index is 0.112. The third-order valence-corrected chi connectivity index (χ3v) is 5.86.